The Kier molecular flexibility index (Phi) is 12.7. The third-order valence-corrected chi connectivity index (χ3v) is 6.12. The number of hydrogen-bond acceptors (Lipinski definition) is 4. The quantitative estimate of drug-likeness (QED) is 0.210. The number of urea groups is 1. The van der Waals surface area contributed by atoms with Gasteiger partial charge >= 0.3 is 6.03 Å². The monoisotopic (exact) mass is 544 g/mol. The molecule has 0 spiro atoms. The highest BCUT2D eigenvalue weighted by Crippen LogP contribution is 2.23. The molecule has 5 N–H and O–H groups in total. The van der Waals surface area contributed by atoms with Crippen molar-refractivity contribution in [3.05, 3.63) is 120 Å². The van der Waals surface area contributed by atoms with E-state index in [2.05, 4.69) is 64.8 Å². The Balaban J connectivity index is 0.000000657. The second kappa shape index (κ2) is 16.2. The van der Waals surface area contributed by atoms with E-state index < -0.39 is 6.03 Å². The Morgan fingerprint density at radius 1 is 1.02 bits per heavy atom. The number of primary amides is 1. The maximum Gasteiger partial charge on any atom is 0.312 e. The van der Waals surface area contributed by atoms with Gasteiger partial charge < -0.3 is 26.3 Å². The Morgan fingerprint density at radius 3 is 2.23 bits per heavy atom. The molecule has 0 radical (unpaired) electrons. The molecule has 1 aromatic heterocycles. The molecule has 0 fully saturated rings. The van der Waals surface area contributed by atoms with Gasteiger partial charge in [0.25, 0.3) is 5.91 Å². The van der Waals surface area contributed by atoms with E-state index in [-0.39, 0.29) is 8.76 Å². The zero-order chi connectivity index (χ0) is 29.5. The van der Waals surface area contributed by atoms with E-state index in [1.54, 1.807) is 13.1 Å². The minimum atomic E-state index is -0.553. The van der Waals surface area contributed by atoms with E-state index in [1.165, 1.54) is 10.9 Å². The molecule has 8 nitrogen and oxygen atoms in total. The third kappa shape index (κ3) is 9.47. The SMILES string of the molecule is C=C/C(=C\Nc1cccc2ccccc12)CNC(N)=O.CCc1nc(C(=O)NC)n(C)c1C.Cc1ccccc1.[HH].[HH]. The fraction of sp³-hybridized carbons (Fsp3) is 0.219. The van der Waals surface area contributed by atoms with Gasteiger partial charge in [-0.05, 0) is 37.3 Å². The highest BCUT2D eigenvalue weighted by Gasteiger charge is 2.14. The summed E-state index contributed by atoms with van der Waals surface area (Å²) < 4.78 is 1.82. The molecule has 0 bridgehead atoms. The van der Waals surface area contributed by atoms with Crippen LogP contribution in [0, 0.1) is 13.8 Å². The van der Waals surface area contributed by atoms with Gasteiger partial charge in [-0.3, -0.25) is 4.79 Å². The molecule has 3 amide bonds. The molecule has 40 heavy (non-hydrogen) atoms. The third-order valence-electron chi connectivity index (χ3n) is 6.12. The topological polar surface area (TPSA) is 114 Å². The molecule has 0 saturated heterocycles. The molecule has 1 heterocycles. The average molecular weight is 545 g/mol. The molecule has 0 atom stereocenters. The van der Waals surface area contributed by atoms with Crippen LogP contribution in [0.15, 0.2) is 97.2 Å². The number of rotatable bonds is 7. The smallest absolute Gasteiger partial charge is 0.312 e. The van der Waals surface area contributed by atoms with Crippen molar-refractivity contribution >= 4 is 28.4 Å². The Morgan fingerprint density at radius 2 is 1.68 bits per heavy atom. The second-order valence-corrected chi connectivity index (χ2v) is 8.93. The maximum atomic E-state index is 11.3. The number of fused-ring (bicyclic) bond motifs is 1. The van der Waals surface area contributed by atoms with Crippen molar-refractivity contribution in [3.63, 3.8) is 0 Å². The molecule has 4 aromatic rings. The summed E-state index contributed by atoms with van der Waals surface area (Å²) in [4.78, 5) is 26.3. The van der Waals surface area contributed by atoms with Gasteiger partial charge in [-0.1, -0.05) is 91.9 Å². The number of nitrogens with one attached hydrogen (secondary N) is 3. The molecule has 0 aliphatic rings. The first-order valence-corrected chi connectivity index (χ1v) is 13.1. The molecule has 214 valence electrons. The maximum absolute atomic E-state index is 11.3. The molecule has 3 aromatic carbocycles. The van der Waals surface area contributed by atoms with Crippen molar-refractivity contribution in [1.82, 2.24) is 20.2 Å². The summed E-state index contributed by atoms with van der Waals surface area (Å²) in [5.41, 5.74) is 10.3. The summed E-state index contributed by atoms with van der Waals surface area (Å²) in [5.74, 6) is 0.349. The Hall–Kier alpha value is -4.85. The number of imidazole rings is 1. The molecule has 0 aliphatic carbocycles. The number of aryl methyl sites for hydroxylation is 2. The predicted octanol–water partition coefficient (Wildman–Crippen LogP) is 6.13. The number of amides is 3. The summed E-state index contributed by atoms with van der Waals surface area (Å²) in [6, 6.07) is 23.9. The highest BCUT2D eigenvalue weighted by atomic mass is 16.2. The largest absolute Gasteiger partial charge is 0.361 e. The normalized spacial score (nSPS) is 10.4. The summed E-state index contributed by atoms with van der Waals surface area (Å²) in [6.45, 7) is 10.1. The van der Waals surface area contributed by atoms with Crippen LogP contribution in [0.4, 0.5) is 10.5 Å². The first-order chi connectivity index (χ1) is 19.2. The number of anilines is 1. The molecular formula is C32H44N6O2. The van der Waals surface area contributed by atoms with Crippen LogP contribution in [0.1, 0.15) is 37.3 Å². The van der Waals surface area contributed by atoms with Crippen LogP contribution < -0.4 is 21.7 Å². The molecule has 0 unspecified atom stereocenters. The van der Waals surface area contributed by atoms with Crippen molar-refractivity contribution in [2.24, 2.45) is 12.8 Å². The van der Waals surface area contributed by atoms with Crippen LogP contribution in [0.5, 0.6) is 0 Å². The van der Waals surface area contributed by atoms with Crippen LogP contribution in [0.3, 0.4) is 0 Å². The van der Waals surface area contributed by atoms with E-state index in [9.17, 15) is 9.59 Å². The van der Waals surface area contributed by atoms with Gasteiger partial charge in [-0.25, -0.2) is 9.78 Å². The van der Waals surface area contributed by atoms with Crippen LogP contribution in [0.25, 0.3) is 10.8 Å². The number of benzene rings is 3. The van der Waals surface area contributed by atoms with E-state index in [4.69, 9.17) is 5.73 Å². The molecule has 8 heteroatoms. The van der Waals surface area contributed by atoms with Gasteiger partial charge in [-0.2, -0.15) is 0 Å². The standard InChI is InChI=1S/C16H17N3O.C9H15N3O.C7H8.2H2/c1-2-12(11-19-16(17)20)10-18-15-9-5-7-13-6-3-4-8-14(13)15;1-5-7-6(2)12(4)8(11-7)9(13)10-3;1-7-5-3-2-4-6-7;;/h2-10,18H,1,11H2,(H3,17,19,20);5H2,1-4H3,(H,10,13);2-6H,1H3;2*1H/b12-10+;;;;. The lowest BCUT2D eigenvalue weighted by Crippen LogP contribution is -2.30. The molecule has 4 rings (SSSR count). The lowest BCUT2D eigenvalue weighted by atomic mass is 10.1. The van der Waals surface area contributed by atoms with Gasteiger partial charge in [0.2, 0.25) is 0 Å². The van der Waals surface area contributed by atoms with Crippen molar-refractivity contribution in [2.75, 3.05) is 18.9 Å². The minimum Gasteiger partial charge on any atom is -0.361 e. The van der Waals surface area contributed by atoms with E-state index in [0.29, 0.717) is 12.4 Å². The number of carbonyl (C=O) groups excluding carboxylic acids is 2. The van der Waals surface area contributed by atoms with Crippen molar-refractivity contribution < 1.29 is 12.4 Å². The fourth-order valence-electron chi connectivity index (χ4n) is 3.71. The Labute approximate surface area is 240 Å². The number of nitrogens with zero attached hydrogens (tertiary/aromatic N) is 2. The summed E-state index contributed by atoms with van der Waals surface area (Å²) in [7, 11) is 3.46. The number of carbonyl (C=O) groups is 2. The first kappa shape index (κ1) is 31.4. The van der Waals surface area contributed by atoms with Crippen molar-refractivity contribution in [2.45, 2.75) is 27.2 Å². The average Bonchev–Trinajstić information content (AvgIpc) is 3.26. The van der Waals surface area contributed by atoms with Crippen molar-refractivity contribution in [3.8, 4) is 0 Å². The summed E-state index contributed by atoms with van der Waals surface area (Å²) >= 11 is 0. The first-order valence-electron chi connectivity index (χ1n) is 13.1. The minimum absolute atomic E-state index is 0. The predicted molar refractivity (Wildman–Crippen MR) is 170 cm³/mol. The van der Waals surface area contributed by atoms with Crippen LogP contribution in [-0.2, 0) is 13.5 Å². The van der Waals surface area contributed by atoms with Gasteiger partial charge in [0.15, 0.2) is 5.82 Å². The van der Waals surface area contributed by atoms with E-state index in [1.807, 2.05) is 74.1 Å². The molecule has 0 saturated carbocycles. The van der Waals surface area contributed by atoms with Crippen LogP contribution >= 0.6 is 0 Å². The zero-order valence-electron chi connectivity index (χ0n) is 24.0. The fourth-order valence-corrected chi connectivity index (χ4v) is 3.71. The summed E-state index contributed by atoms with van der Waals surface area (Å²) in [6.07, 6.45) is 4.34. The Bertz CT molecular complexity index is 1450. The van der Waals surface area contributed by atoms with Crippen LogP contribution in [-0.4, -0.2) is 35.1 Å². The lowest BCUT2D eigenvalue weighted by molar-refractivity contribution is 0.0949. The van der Waals surface area contributed by atoms with E-state index >= 15 is 0 Å². The molecular weight excluding hydrogens is 500 g/mol. The van der Waals surface area contributed by atoms with Gasteiger partial charge in [0, 0.05) is 46.5 Å². The number of aromatic nitrogens is 2. The lowest BCUT2D eigenvalue weighted by Gasteiger charge is -2.08. The summed E-state index contributed by atoms with van der Waals surface area (Å²) in [5, 5.41) is 10.6. The number of hydrogen-bond donors (Lipinski definition) is 4. The zero-order valence-corrected chi connectivity index (χ0v) is 24.0. The van der Waals surface area contributed by atoms with Gasteiger partial charge in [0.05, 0.1) is 5.69 Å². The van der Waals surface area contributed by atoms with Gasteiger partial charge in [-0.15, -0.1) is 0 Å². The number of nitrogens with two attached hydrogens (primary N) is 1. The van der Waals surface area contributed by atoms with Crippen LogP contribution in [0.2, 0.25) is 0 Å². The second-order valence-electron chi connectivity index (χ2n) is 8.93. The highest BCUT2D eigenvalue weighted by molar-refractivity contribution is 5.94. The van der Waals surface area contributed by atoms with Crippen molar-refractivity contribution in [1.29, 1.82) is 0 Å². The molecule has 0 aliphatic heterocycles. The van der Waals surface area contributed by atoms with Gasteiger partial charge in [0.1, 0.15) is 0 Å². The van der Waals surface area contributed by atoms with E-state index in [0.717, 1.165) is 34.5 Å².